The number of carbonyl (C=O) groups excluding carboxylic acids is 2. The average Bonchev–Trinajstić information content (AvgIpc) is 2.73. The van der Waals surface area contributed by atoms with E-state index in [1.54, 1.807) is 59.6 Å². The maximum atomic E-state index is 12.9. The van der Waals surface area contributed by atoms with Crippen molar-refractivity contribution < 1.29 is 19.1 Å². The Hall–Kier alpha value is -3.09. The van der Waals surface area contributed by atoms with Crippen molar-refractivity contribution >= 4 is 11.8 Å². The molecular formula is C19H21N3O4. The van der Waals surface area contributed by atoms with E-state index in [9.17, 15) is 9.59 Å². The lowest BCUT2D eigenvalue weighted by molar-refractivity contribution is 0.0533. The fraction of sp³-hybridized carbons (Fsp3) is 0.316. The molecule has 2 amide bonds. The van der Waals surface area contributed by atoms with Crippen LogP contribution in [0.15, 0.2) is 42.7 Å². The summed E-state index contributed by atoms with van der Waals surface area (Å²) in [7, 11) is 3.09. The second-order valence-corrected chi connectivity index (χ2v) is 5.89. The van der Waals surface area contributed by atoms with Crippen molar-refractivity contribution in [3.05, 3.63) is 53.9 Å². The first kappa shape index (κ1) is 17.7. The highest BCUT2D eigenvalue weighted by atomic mass is 16.5. The normalized spacial score (nSPS) is 14.1. The van der Waals surface area contributed by atoms with Crippen molar-refractivity contribution in [3.63, 3.8) is 0 Å². The van der Waals surface area contributed by atoms with Gasteiger partial charge in [-0.05, 0) is 30.3 Å². The zero-order valence-corrected chi connectivity index (χ0v) is 14.8. The molecule has 26 heavy (non-hydrogen) atoms. The minimum absolute atomic E-state index is 0.0656. The van der Waals surface area contributed by atoms with Crippen LogP contribution in [0.2, 0.25) is 0 Å². The summed E-state index contributed by atoms with van der Waals surface area (Å²) in [5.74, 6) is 0.905. The van der Waals surface area contributed by atoms with Gasteiger partial charge in [0.05, 0.1) is 25.3 Å². The number of hydrogen-bond acceptors (Lipinski definition) is 5. The topological polar surface area (TPSA) is 72.0 Å². The molecule has 7 nitrogen and oxygen atoms in total. The van der Waals surface area contributed by atoms with E-state index >= 15 is 0 Å². The molecule has 0 unspecified atom stereocenters. The maximum absolute atomic E-state index is 12.9. The van der Waals surface area contributed by atoms with Crippen LogP contribution >= 0.6 is 0 Å². The van der Waals surface area contributed by atoms with Crippen molar-refractivity contribution in [1.29, 1.82) is 0 Å². The van der Waals surface area contributed by atoms with Crippen LogP contribution in [0.3, 0.4) is 0 Å². The first-order valence-corrected chi connectivity index (χ1v) is 8.34. The molecule has 1 aliphatic rings. The van der Waals surface area contributed by atoms with E-state index in [0.717, 1.165) is 0 Å². The Morgan fingerprint density at radius 1 is 0.962 bits per heavy atom. The van der Waals surface area contributed by atoms with Gasteiger partial charge in [0, 0.05) is 38.6 Å². The maximum Gasteiger partial charge on any atom is 0.257 e. The van der Waals surface area contributed by atoms with Gasteiger partial charge in [0.25, 0.3) is 11.8 Å². The standard InChI is InChI=1S/C19H21N3O4/c1-25-15-5-6-17(26-2)16(12-15)19(24)22-10-8-21(9-11-22)18(23)14-4-3-7-20-13-14/h3-7,12-13H,8-11H2,1-2H3. The number of pyridine rings is 1. The fourth-order valence-corrected chi connectivity index (χ4v) is 2.94. The third-order valence-corrected chi connectivity index (χ3v) is 4.40. The zero-order chi connectivity index (χ0) is 18.5. The number of rotatable bonds is 4. The number of ether oxygens (including phenoxy) is 2. The highest BCUT2D eigenvalue weighted by molar-refractivity contribution is 5.98. The van der Waals surface area contributed by atoms with Gasteiger partial charge in [-0.2, -0.15) is 0 Å². The number of piperazine rings is 1. The van der Waals surface area contributed by atoms with Crippen LogP contribution < -0.4 is 9.47 Å². The monoisotopic (exact) mass is 355 g/mol. The predicted octanol–water partition coefficient (Wildman–Crippen LogP) is 1.70. The first-order valence-electron chi connectivity index (χ1n) is 8.34. The Labute approximate surface area is 152 Å². The van der Waals surface area contributed by atoms with E-state index in [4.69, 9.17) is 9.47 Å². The number of nitrogens with zero attached hydrogens (tertiary/aromatic N) is 3. The van der Waals surface area contributed by atoms with E-state index in [-0.39, 0.29) is 11.8 Å². The second kappa shape index (κ2) is 7.86. The molecule has 1 aromatic carbocycles. The van der Waals surface area contributed by atoms with E-state index < -0.39 is 0 Å². The first-order chi connectivity index (χ1) is 12.6. The number of methoxy groups -OCH3 is 2. The van der Waals surface area contributed by atoms with Gasteiger partial charge in [0.1, 0.15) is 11.5 Å². The summed E-state index contributed by atoms with van der Waals surface area (Å²) >= 11 is 0. The molecule has 0 atom stereocenters. The second-order valence-electron chi connectivity index (χ2n) is 5.89. The largest absolute Gasteiger partial charge is 0.497 e. The Kier molecular flexibility index (Phi) is 5.36. The Bertz CT molecular complexity index is 787. The Morgan fingerprint density at radius 2 is 1.65 bits per heavy atom. The van der Waals surface area contributed by atoms with Gasteiger partial charge in [-0.15, -0.1) is 0 Å². The van der Waals surface area contributed by atoms with Gasteiger partial charge in [-0.25, -0.2) is 0 Å². The van der Waals surface area contributed by atoms with Crippen LogP contribution in [0.4, 0.5) is 0 Å². The smallest absolute Gasteiger partial charge is 0.257 e. The minimum atomic E-state index is -0.130. The van der Waals surface area contributed by atoms with E-state index in [2.05, 4.69) is 4.98 Å². The van der Waals surface area contributed by atoms with Gasteiger partial charge in [0.2, 0.25) is 0 Å². The third-order valence-electron chi connectivity index (χ3n) is 4.40. The number of aromatic nitrogens is 1. The molecule has 1 saturated heterocycles. The minimum Gasteiger partial charge on any atom is -0.497 e. The number of hydrogen-bond donors (Lipinski definition) is 0. The fourth-order valence-electron chi connectivity index (χ4n) is 2.94. The summed E-state index contributed by atoms with van der Waals surface area (Å²) in [6.07, 6.45) is 3.19. The molecule has 136 valence electrons. The van der Waals surface area contributed by atoms with Crippen molar-refractivity contribution in [3.8, 4) is 11.5 Å². The van der Waals surface area contributed by atoms with Crippen molar-refractivity contribution in [1.82, 2.24) is 14.8 Å². The van der Waals surface area contributed by atoms with E-state index in [1.165, 1.54) is 7.11 Å². The summed E-state index contributed by atoms with van der Waals surface area (Å²) in [4.78, 5) is 32.8. The molecule has 2 aromatic rings. The van der Waals surface area contributed by atoms with Crippen LogP contribution in [0.5, 0.6) is 11.5 Å². The third kappa shape index (κ3) is 3.61. The van der Waals surface area contributed by atoms with Crippen LogP contribution in [0.1, 0.15) is 20.7 Å². The summed E-state index contributed by atoms with van der Waals surface area (Å²) in [5, 5.41) is 0. The molecule has 0 bridgehead atoms. The van der Waals surface area contributed by atoms with Crippen LogP contribution in [-0.4, -0.2) is 67.0 Å². The molecule has 1 fully saturated rings. The summed E-state index contributed by atoms with van der Waals surface area (Å²) in [6, 6.07) is 8.62. The molecule has 0 spiro atoms. The van der Waals surface area contributed by atoms with Gasteiger partial charge in [-0.3, -0.25) is 14.6 Å². The average molecular weight is 355 g/mol. The highest BCUT2D eigenvalue weighted by Gasteiger charge is 2.27. The van der Waals surface area contributed by atoms with Crippen LogP contribution in [0, 0.1) is 0 Å². The number of amides is 2. The number of carbonyl (C=O) groups is 2. The lowest BCUT2D eigenvalue weighted by Gasteiger charge is -2.35. The van der Waals surface area contributed by atoms with E-state index in [0.29, 0.717) is 48.8 Å². The molecular weight excluding hydrogens is 334 g/mol. The van der Waals surface area contributed by atoms with Gasteiger partial charge in [0.15, 0.2) is 0 Å². The predicted molar refractivity (Wildman–Crippen MR) is 95.6 cm³/mol. The molecule has 3 rings (SSSR count). The lowest BCUT2D eigenvalue weighted by Crippen LogP contribution is -2.50. The Balaban J connectivity index is 1.68. The lowest BCUT2D eigenvalue weighted by atomic mass is 10.1. The zero-order valence-electron chi connectivity index (χ0n) is 14.8. The van der Waals surface area contributed by atoms with Crippen molar-refractivity contribution in [2.75, 3.05) is 40.4 Å². The summed E-state index contributed by atoms with van der Waals surface area (Å²) in [6.45, 7) is 1.88. The molecule has 7 heteroatoms. The molecule has 0 radical (unpaired) electrons. The van der Waals surface area contributed by atoms with E-state index in [1.807, 2.05) is 0 Å². The van der Waals surface area contributed by atoms with Crippen LogP contribution in [-0.2, 0) is 0 Å². The SMILES string of the molecule is COc1ccc(OC)c(C(=O)N2CCN(C(=O)c3cccnc3)CC2)c1. The quantitative estimate of drug-likeness (QED) is 0.835. The van der Waals surface area contributed by atoms with Crippen LogP contribution in [0.25, 0.3) is 0 Å². The number of benzene rings is 1. The molecule has 1 aromatic heterocycles. The van der Waals surface area contributed by atoms with Gasteiger partial charge >= 0.3 is 0 Å². The molecule has 0 N–H and O–H groups in total. The molecule has 0 aliphatic carbocycles. The highest BCUT2D eigenvalue weighted by Crippen LogP contribution is 2.25. The molecule has 0 saturated carbocycles. The molecule has 2 heterocycles. The molecule has 1 aliphatic heterocycles. The van der Waals surface area contributed by atoms with Crippen molar-refractivity contribution in [2.24, 2.45) is 0 Å². The Morgan fingerprint density at radius 3 is 2.23 bits per heavy atom. The van der Waals surface area contributed by atoms with Crippen molar-refractivity contribution in [2.45, 2.75) is 0 Å². The van der Waals surface area contributed by atoms with Gasteiger partial charge < -0.3 is 19.3 Å². The van der Waals surface area contributed by atoms with Gasteiger partial charge in [-0.1, -0.05) is 0 Å². The summed E-state index contributed by atoms with van der Waals surface area (Å²) < 4.78 is 10.5. The summed E-state index contributed by atoms with van der Waals surface area (Å²) in [5.41, 5.74) is 1.01.